The lowest BCUT2D eigenvalue weighted by Crippen LogP contribution is -2.47. The van der Waals surface area contributed by atoms with E-state index in [1.807, 2.05) is 18.2 Å². The number of carboxylic acids is 1. The van der Waals surface area contributed by atoms with E-state index in [0.29, 0.717) is 34.8 Å². The van der Waals surface area contributed by atoms with Gasteiger partial charge in [-0.3, -0.25) is 9.69 Å². The predicted molar refractivity (Wildman–Crippen MR) is 144 cm³/mol. The Morgan fingerprint density at radius 2 is 1.75 bits per heavy atom. The zero-order valence-electron chi connectivity index (χ0n) is 20.9. The van der Waals surface area contributed by atoms with Gasteiger partial charge in [-0.25, -0.2) is 14.8 Å². The van der Waals surface area contributed by atoms with E-state index in [9.17, 15) is 23.2 Å². The third-order valence-electron chi connectivity index (χ3n) is 6.38. The van der Waals surface area contributed by atoms with Crippen molar-refractivity contribution in [2.75, 3.05) is 36.4 Å². The quantitative estimate of drug-likeness (QED) is 0.424. The van der Waals surface area contributed by atoms with Gasteiger partial charge in [0.2, 0.25) is 0 Å². The van der Waals surface area contributed by atoms with Crippen molar-refractivity contribution in [2.45, 2.75) is 31.6 Å². The third-order valence-corrected chi connectivity index (χ3v) is 6.98. The van der Waals surface area contributed by atoms with Crippen LogP contribution in [0.25, 0.3) is 11.0 Å². The lowest BCUT2D eigenvalue weighted by Gasteiger charge is -2.37. The summed E-state index contributed by atoms with van der Waals surface area (Å²) < 4.78 is 31.7. The number of nitrogens with zero attached hydrogens (tertiary/aromatic N) is 5. The lowest BCUT2D eigenvalue weighted by molar-refractivity contribution is -0.192. The summed E-state index contributed by atoms with van der Waals surface area (Å²) in [6.45, 7) is 3.95. The van der Waals surface area contributed by atoms with Crippen molar-refractivity contribution in [2.24, 2.45) is 0 Å². The number of alkyl halides is 3. The number of nitrogens with one attached hydrogen (secondary N) is 1. The molecule has 1 saturated heterocycles. The van der Waals surface area contributed by atoms with Gasteiger partial charge in [-0.1, -0.05) is 23.2 Å². The second-order valence-corrected chi connectivity index (χ2v) is 10.1. The Labute approximate surface area is 237 Å². The second kappa shape index (κ2) is 12.2. The van der Waals surface area contributed by atoms with Gasteiger partial charge in [0, 0.05) is 61.7 Å². The first kappa shape index (κ1) is 29.3. The smallest absolute Gasteiger partial charge is 0.475 e. The van der Waals surface area contributed by atoms with E-state index in [1.54, 1.807) is 18.2 Å². The average Bonchev–Trinajstić information content (AvgIpc) is 2.89. The number of anilines is 2. The number of nitriles is 1. The molecule has 2 N–H and O–H groups in total. The first-order valence-electron chi connectivity index (χ1n) is 12.1. The summed E-state index contributed by atoms with van der Waals surface area (Å²) in [5.41, 5.74) is 2.98. The minimum atomic E-state index is -5.08. The Hall–Kier alpha value is -3.66. The monoisotopic (exact) mass is 594 g/mol. The number of carboxylic acid groups (broad SMARTS) is 1. The van der Waals surface area contributed by atoms with Crippen molar-refractivity contribution < 1.29 is 27.9 Å². The molecule has 2 heterocycles. The SMILES string of the molecule is N#Cc1ccc2nc(NC3CC(=O)C3)c(N3CCN(Cc4cc(Cl)ccc4Cl)CC3)nc2c1.O=C(O)C(F)(F)F. The van der Waals surface area contributed by atoms with E-state index in [-0.39, 0.29) is 11.8 Å². The maximum atomic E-state index is 11.5. The molecule has 3 aromatic rings. The van der Waals surface area contributed by atoms with Gasteiger partial charge in [-0.2, -0.15) is 18.4 Å². The molecular weight excluding hydrogens is 572 g/mol. The molecule has 0 spiro atoms. The number of rotatable bonds is 5. The minimum Gasteiger partial charge on any atom is -0.475 e. The number of hydrogen-bond acceptors (Lipinski definition) is 8. The number of benzene rings is 2. The van der Waals surface area contributed by atoms with Gasteiger partial charge in [-0.15, -0.1) is 0 Å². The van der Waals surface area contributed by atoms with E-state index in [2.05, 4.69) is 21.2 Å². The fourth-order valence-electron chi connectivity index (χ4n) is 4.24. The van der Waals surface area contributed by atoms with Crippen LogP contribution in [0.5, 0.6) is 0 Å². The predicted octanol–water partition coefficient (Wildman–Crippen LogP) is 4.91. The molecule has 0 bridgehead atoms. The van der Waals surface area contributed by atoms with Gasteiger partial charge < -0.3 is 15.3 Å². The van der Waals surface area contributed by atoms with Crippen LogP contribution in [-0.2, 0) is 16.1 Å². The van der Waals surface area contributed by atoms with Gasteiger partial charge in [0.15, 0.2) is 11.6 Å². The number of aliphatic carboxylic acids is 1. The van der Waals surface area contributed by atoms with Crippen molar-refractivity contribution in [3.8, 4) is 6.07 Å². The number of carbonyl (C=O) groups is 2. The molecule has 40 heavy (non-hydrogen) atoms. The zero-order valence-corrected chi connectivity index (χ0v) is 22.4. The highest BCUT2D eigenvalue weighted by molar-refractivity contribution is 6.33. The Morgan fingerprint density at radius 1 is 1.07 bits per heavy atom. The highest BCUT2D eigenvalue weighted by Gasteiger charge is 2.38. The molecule has 14 heteroatoms. The number of halogens is 5. The van der Waals surface area contributed by atoms with Gasteiger partial charge in [-0.05, 0) is 42.0 Å². The standard InChI is InChI=1S/C24H22Cl2N6O.C2HF3O2/c25-17-2-3-20(26)16(10-17)14-31-5-7-32(8-6-31)24-23(28-18-11-19(33)12-18)29-21-4-1-15(13-27)9-22(21)30-24;3-2(4,5)1(6)7/h1-4,9-10,18H,5-8,11-12,14H2,(H,28,29);(H,6,7). The van der Waals surface area contributed by atoms with Crippen LogP contribution < -0.4 is 10.2 Å². The number of piperazine rings is 1. The fraction of sp³-hybridized carbons (Fsp3) is 0.346. The molecule has 0 amide bonds. The summed E-state index contributed by atoms with van der Waals surface area (Å²) in [5, 5.41) is 21.2. The Bertz CT molecular complexity index is 1460. The molecule has 2 aliphatic rings. The molecule has 2 aromatic carbocycles. The molecule has 2 fully saturated rings. The maximum absolute atomic E-state index is 11.5. The zero-order chi connectivity index (χ0) is 29.0. The molecule has 1 saturated carbocycles. The summed E-state index contributed by atoms with van der Waals surface area (Å²) in [6.07, 6.45) is -4.05. The molecule has 1 aliphatic carbocycles. The van der Waals surface area contributed by atoms with Crippen molar-refractivity contribution >= 4 is 57.6 Å². The number of hydrogen-bond donors (Lipinski definition) is 2. The van der Waals surface area contributed by atoms with Crippen LogP contribution in [0.4, 0.5) is 24.8 Å². The van der Waals surface area contributed by atoms with Crippen LogP contribution in [-0.4, -0.2) is 70.1 Å². The van der Waals surface area contributed by atoms with Crippen molar-refractivity contribution in [1.29, 1.82) is 5.26 Å². The molecule has 1 aliphatic heterocycles. The third kappa shape index (κ3) is 7.29. The normalized spacial score (nSPS) is 16.1. The summed E-state index contributed by atoms with van der Waals surface area (Å²) in [6, 6.07) is 13.1. The number of Topliss-reactive ketones (excluding diaryl/α,β-unsaturated/α-hetero) is 1. The van der Waals surface area contributed by atoms with E-state index in [0.717, 1.165) is 54.6 Å². The van der Waals surface area contributed by atoms with Gasteiger partial charge in [0.25, 0.3) is 0 Å². The minimum absolute atomic E-state index is 0.0904. The molecule has 210 valence electrons. The molecule has 0 radical (unpaired) electrons. The number of fused-ring (bicyclic) bond motifs is 1. The maximum Gasteiger partial charge on any atom is 0.490 e. The van der Waals surface area contributed by atoms with Crippen molar-refractivity contribution in [1.82, 2.24) is 14.9 Å². The second-order valence-electron chi connectivity index (χ2n) is 9.30. The summed E-state index contributed by atoms with van der Waals surface area (Å²) in [4.78, 5) is 34.6. The van der Waals surface area contributed by atoms with Crippen LogP contribution in [0.2, 0.25) is 10.0 Å². The van der Waals surface area contributed by atoms with Crippen LogP contribution >= 0.6 is 23.2 Å². The summed E-state index contributed by atoms with van der Waals surface area (Å²) >= 11 is 12.5. The topological polar surface area (TPSA) is 122 Å². The van der Waals surface area contributed by atoms with Gasteiger partial charge in [0.1, 0.15) is 5.78 Å². The highest BCUT2D eigenvalue weighted by Crippen LogP contribution is 2.30. The van der Waals surface area contributed by atoms with Crippen LogP contribution in [0.3, 0.4) is 0 Å². The first-order valence-corrected chi connectivity index (χ1v) is 12.9. The first-order chi connectivity index (χ1) is 18.9. The van der Waals surface area contributed by atoms with E-state index >= 15 is 0 Å². The van der Waals surface area contributed by atoms with Gasteiger partial charge in [0.05, 0.1) is 22.7 Å². The van der Waals surface area contributed by atoms with Crippen molar-refractivity contribution in [3.63, 3.8) is 0 Å². The molecule has 9 nitrogen and oxygen atoms in total. The van der Waals surface area contributed by atoms with Crippen LogP contribution in [0.15, 0.2) is 36.4 Å². The largest absolute Gasteiger partial charge is 0.490 e. The molecule has 0 unspecified atom stereocenters. The van der Waals surface area contributed by atoms with Crippen LogP contribution in [0, 0.1) is 11.3 Å². The van der Waals surface area contributed by atoms with E-state index in [1.165, 1.54) is 0 Å². The Morgan fingerprint density at radius 3 is 2.35 bits per heavy atom. The summed E-state index contributed by atoms with van der Waals surface area (Å²) in [5.74, 6) is -1.05. The molecule has 0 atom stereocenters. The van der Waals surface area contributed by atoms with Crippen LogP contribution in [0.1, 0.15) is 24.0 Å². The number of aromatic nitrogens is 2. The Kier molecular flexibility index (Phi) is 8.98. The van der Waals surface area contributed by atoms with Gasteiger partial charge >= 0.3 is 12.1 Å². The Balaban J connectivity index is 0.000000470. The molecule has 5 rings (SSSR count). The number of carbonyl (C=O) groups excluding carboxylic acids is 1. The number of ketones is 1. The lowest BCUT2D eigenvalue weighted by atomic mass is 9.91. The van der Waals surface area contributed by atoms with Crippen molar-refractivity contribution in [3.05, 3.63) is 57.6 Å². The average molecular weight is 595 g/mol. The van der Waals surface area contributed by atoms with E-state index < -0.39 is 12.1 Å². The summed E-state index contributed by atoms with van der Waals surface area (Å²) in [7, 11) is 0. The van der Waals surface area contributed by atoms with E-state index in [4.69, 9.17) is 43.1 Å². The molecular formula is C26H23Cl2F3N6O3. The highest BCUT2D eigenvalue weighted by atomic mass is 35.5. The fourth-order valence-corrected chi connectivity index (χ4v) is 4.61. The molecule has 1 aromatic heterocycles.